The Morgan fingerprint density at radius 3 is 2.59 bits per heavy atom. The Balaban J connectivity index is 0.000000686. The van der Waals surface area contributed by atoms with E-state index in [1.165, 1.54) is 19.2 Å². The maximum Gasteiger partial charge on any atom is 0.338 e. The standard InChI is InChI=1S/C10H10O5.C2H6/c1-13-10(12)6-4-7(11)9-8(5-6)14-2-3-15-9;1-2/h4-5,11H,2-3H2,1H3;1-2H3. The normalized spacial score (nSPS) is 12.2. The molecule has 17 heavy (non-hydrogen) atoms. The number of hydrogen-bond acceptors (Lipinski definition) is 5. The number of ether oxygens (including phenoxy) is 3. The van der Waals surface area contributed by atoms with Crippen LogP contribution in [0.5, 0.6) is 17.2 Å². The van der Waals surface area contributed by atoms with Gasteiger partial charge in [0.25, 0.3) is 0 Å². The number of aromatic hydroxyl groups is 1. The number of esters is 1. The molecule has 0 unspecified atom stereocenters. The third-order valence-corrected chi connectivity index (χ3v) is 2.04. The first kappa shape index (κ1) is 13.2. The minimum atomic E-state index is -0.526. The van der Waals surface area contributed by atoms with Crippen molar-refractivity contribution in [3.05, 3.63) is 17.7 Å². The summed E-state index contributed by atoms with van der Waals surface area (Å²) in [5.74, 6) is -0.00886. The van der Waals surface area contributed by atoms with E-state index >= 15 is 0 Å². The van der Waals surface area contributed by atoms with Crippen molar-refractivity contribution in [1.29, 1.82) is 0 Å². The Morgan fingerprint density at radius 1 is 1.29 bits per heavy atom. The highest BCUT2D eigenvalue weighted by atomic mass is 16.6. The van der Waals surface area contributed by atoms with Crippen LogP contribution in [-0.4, -0.2) is 31.4 Å². The summed E-state index contributed by atoms with van der Waals surface area (Å²) >= 11 is 0. The van der Waals surface area contributed by atoms with Crippen LogP contribution in [0.25, 0.3) is 0 Å². The van der Waals surface area contributed by atoms with Crippen molar-refractivity contribution in [3.63, 3.8) is 0 Å². The summed E-state index contributed by atoms with van der Waals surface area (Å²) in [5.41, 5.74) is 0.235. The highest BCUT2D eigenvalue weighted by molar-refractivity contribution is 5.91. The molecule has 0 saturated carbocycles. The summed E-state index contributed by atoms with van der Waals surface area (Å²) in [6, 6.07) is 2.78. The smallest absolute Gasteiger partial charge is 0.338 e. The van der Waals surface area contributed by atoms with Crippen LogP contribution in [0.2, 0.25) is 0 Å². The zero-order valence-electron chi connectivity index (χ0n) is 10.1. The van der Waals surface area contributed by atoms with Gasteiger partial charge in [-0.3, -0.25) is 0 Å². The fraction of sp³-hybridized carbons (Fsp3) is 0.417. The molecule has 5 nitrogen and oxygen atoms in total. The molecular formula is C12H16O5. The van der Waals surface area contributed by atoms with Gasteiger partial charge in [-0.2, -0.15) is 0 Å². The van der Waals surface area contributed by atoms with Crippen LogP contribution < -0.4 is 9.47 Å². The summed E-state index contributed by atoms with van der Waals surface area (Å²) < 4.78 is 15.0. The largest absolute Gasteiger partial charge is 0.504 e. The Hall–Kier alpha value is -1.91. The highest BCUT2D eigenvalue weighted by Gasteiger charge is 2.19. The predicted molar refractivity (Wildman–Crippen MR) is 61.8 cm³/mol. The molecule has 5 heteroatoms. The number of hydrogen-bond donors (Lipinski definition) is 1. The van der Waals surface area contributed by atoms with Gasteiger partial charge in [-0.05, 0) is 12.1 Å². The molecule has 1 aromatic carbocycles. The Bertz CT molecular complexity index is 400. The first-order valence-electron chi connectivity index (χ1n) is 5.43. The molecule has 0 amide bonds. The number of methoxy groups -OCH3 is 1. The average molecular weight is 240 g/mol. The lowest BCUT2D eigenvalue weighted by Crippen LogP contribution is -2.16. The van der Waals surface area contributed by atoms with Crippen molar-refractivity contribution in [2.24, 2.45) is 0 Å². The average Bonchev–Trinajstić information content (AvgIpc) is 2.40. The number of rotatable bonds is 1. The second-order valence-electron chi connectivity index (χ2n) is 3.01. The second-order valence-corrected chi connectivity index (χ2v) is 3.01. The first-order chi connectivity index (χ1) is 8.22. The zero-order valence-corrected chi connectivity index (χ0v) is 10.1. The van der Waals surface area contributed by atoms with Crippen LogP contribution in [0.4, 0.5) is 0 Å². The number of phenolic OH excluding ortho intramolecular Hbond substituents is 1. The van der Waals surface area contributed by atoms with E-state index in [0.29, 0.717) is 19.0 Å². The number of carbonyl (C=O) groups excluding carboxylic acids is 1. The molecule has 0 saturated heterocycles. The summed E-state index contributed by atoms with van der Waals surface area (Å²) in [4.78, 5) is 11.2. The molecule has 1 N–H and O–H groups in total. The number of fused-ring (bicyclic) bond motifs is 1. The van der Waals surface area contributed by atoms with E-state index in [1.54, 1.807) is 0 Å². The summed E-state index contributed by atoms with van der Waals surface area (Å²) in [7, 11) is 1.27. The van der Waals surface area contributed by atoms with Gasteiger partial charge in [0.1, 0.15) is 13.2 Å². The maximum atomic E-state index is 11.2. The minimum Gasteiger partial charge on any atom is -0.504 e. The van der Waals surface area contributed by atoms with Crippen molar-refractivity contribution in [3.8, 4) is 17.2 Å². The second kappa shape index (κ2) is 5.98. The molecule has 1 aliphatic heterocycles. The van der Waals surface area contributed by atoms with Gasteiger partial charge in [0, 0.05) is 0 Å². The SMILES string of the molecule is CC.COC(=O)c1cc(O)c2c(c1)OCCO2. The van der Waals surface area contributed by atoms with Crippen LogP contribution in [0.1, 0.15) is 24.2 Å². The van der Waals surface area contributed by atoms with Gasteiger partial charge in [0.15, 0.2) is 11.5 Å². The molecule has 0 spiro atoms. The monoisotopic (exact) mass is 240 g/mol. The quantitative estimate of drug-likeness (QED) is 0.760. The van der Waals surface area contributed by atoms with Crippen LogP contribution in [0, 0.1) is 0 Å². The molecule has 1 aromatic rings. The lowest BCUT2D eigenvalue weighted by atomic mass is 10.2. The van der Waals surface area contributed by atoms with Gasteiger partial charge >= 0.3 is 5.97 Å². The minimum absolute atomic E-state index is 0.118. The van der Waals surface area contributed by atoms with Crippen molar-refractivity contribution < 1.29 is 24.1 Å². The molecule has 1 aliphatic rings. The van der Waals surface area contributed by atoms with E-state index in [1.807, 2.05) is 13.8 Å². The molecule has 2 rings (SSSR count). The molecule has 94 valence electrons. The van der Waals surface area contributed by atoms with E-state index in [0.717, 1.165) is 0 Å². The number of benzene rings is 1. The number of phenols is 1. The Kier molecular flexibility index (Phi) is 4.63. The molecular weight excluding hydrogens is 224 g/mol. The zero-order chi connectivity index (χ0) is 12.8. The van der Waals surface area contributed by atoms with Crippen molar-refractivity contribution in [1.82, 2.24) is 0 Å². The fourth-order valence-electron chi connectivity index (χ4n) is 1.37. The van der Waals surface area contributed by atoms with Crippen LogP contribution >= 0.6 is 0 Å². The number of carbonyl (C=O) groups is 1. The third kappa shape index (κ3) is 2.81. The maximum absolute atomic E-state index is 11.2. The van der Waals surface area contributed by atoms with E-state index in [4.69, 9.17) is 9.47 Å². The lowest BCUT2D eigenvalue weighted by molar-refractivity contribution is 0.0599. The van der Waals surface area contributed by atoms with Crippen molar-refractivity contribution >= 4 is 5.97 Å². The van der Waals surface area contributed by atoms with E-state index in [-0.39, 0.29) is 17.1 Å². The van der Waals surface area contributed by atoms with Crippen LogP contribution in [0.3, 0.4) is 0 Å². The molecule has 0 aromatic heterocycles. The van der Waals surface area contributed by atoms with Crippen LogP contribution in [0.15, 0.2) is 12.1 Å². The first-order valence-corrected chi connectivity index (χ1v) is 5.43. The molecule has 1 heterocycles. The third-order valence-electron chi connectivity index (χ3n) is 2.04. The summed E-state index contributed by atoms with van der Waals surface area (Å²) in [6.07, 6.45) is 0. The molecule has 0 atom stereocenters. The van der Waals surface area contributed by atoms with Crippen molar-refractivity contribution in [2.75, 3.05) is 20.3 Å². The fourth-order valence-corrected chi connectivity index (χ4v) is 1.37. The van der Waals surface area contributed by atoms with E-state index < -0.39 is 5.97 Å². The Labute approximate surface area is 99.9 Å². The Morgan fingerprint density at radius 2 is 1.94 bits per heavy atom. The van der Waals surface area contributed by atoms with Gasteiger partial charge in [-0.1, -0.05) is 13.8 Å². The highest BCUT2D eigenvalue weighted by Crippen LogP contribution is 2.39. The lowest BCUT2D eigenvalue weighted by Gasteiger charge is -2.19. The van der Waals surface area contributed by atoms with Crippen molar-refractivity contribution in [2.45, 2.75) is 13.8 Å². The van der Waals surface area contributed by atoms with Gasteiger partial charge < -0.3 is 19.3 Å². The molecule has 0 aliphatic carbocycles. The van der Waals surface area contributed by atoms with Crippen LogP contribution in [-0.2, 0) is 4.74 Å². The van der Waals surface area contributed by atoms with Gasteiger partial charge in [0.2, 0.25) is 5.75 Å². The van der Waals surface area contributed by atoms with Gasteiger partial charge in [-0.25, -0.2) is 4.79 Å². The summed E-state index contributed by atoms with van der Waals surface area (Å²) in [6.45, 7) is 4.79. The molecule has 0 bridgehead atoms. The van der Waals surface area contributed by atoms with E-state index in [2.05, 4.69) is 4.74 Å². The van der Waals surface area contributed by atoms with Gasteiger partial charge in [0.05, 0.1) is 12.7 Å². The molecule has 0 fully saturated rings. The topological polar surface area (TPSA) is 65.0 Å². The van der Waals surface area contributed by atoms with Gasteiger partial charge in [-0.15, -0.1) is 0 Å². The molecule has 0 radical (unpaired) electrons. The van der Waals surface area contributed by atoms with E-state index in [9.17, 15) is 9.90 Å². The summed E-state index contributed by atoms with van der Waals surface area (Å²) in [5, 5.41) is 9.57. The predicted octanol–water partition coefficient (Wildman–Crippen LogP) is 1.98.